The molecule has 0 radical (unpaired) electrons. The van der Waals surface area contributed by atoms with Gasteiger partial charge in [0.1, 0.15) is 18.1 Å². The molecule has 0 unspecified atom stereocenters. The molecule has 2 aromatic heterocycles. The quantitative estimate of drug-likeness (QED) is 0.272. The third kappa shape index (κ3) is 4.95. The zero-order valence-electron chi connectivity index (χ0n) is 17.2. The van der Waals surface area contributed by atoms with E-state index in [9.17, 15) is 4.79 Å². The number of nitrogens with one attached hydrogen (secondary N) is 2. The highest BCUT2D eigenvalue weighted by Crippen LogP contribution is 2.25. The predicted octanol–water partition coefficient (Wildman–Crippen LogP) is 4.94. The van der Waals surface area contributed by atoms with Gasteiger partial charge in [0.25, 0.3) is 5.91 Å². The molecule has 31 heavy (non-hydrogen) atoms. The fourth-order valence-corrected chi connectivity index (χ4v) is 4.25. The minimum Gasteiger partial charge on any atom is -0.489 e. The fourth-order valence-electron chi connectivity index (χ4n) is 3.40. The molecule has 4 aromatic rings. The van der Waals surface area contributed by atoms with E-state index in [-0.39, 0.29) is 11.7 Å². The fraction of sp³-hybridized carbons (Fsp3) is 0.167. The second kappa shape index (κ2) is 9.06. The summed E-state index contributed by atoms with van der Waals surface area (Å²) in [6.07, 6.45) is 1.30. The Morgan fingerprint density at radius 2 is 1.94 bits per heavy atom. The maximum atomic E-state index is 12.7. The number of nitrogens with zero attached hydrogens (tertiary/aromatic N) is 1. The first kappa shape index (κ1) is 20.7. The molecular formula is C24H24N4O2S. The van der Waals surface area contributed by atoms with Crippen LogP contribution in [0, 0.1) is 5.41 Å². The maximum absolute atomic E-state index is 12.7. The van der Waals surface area contributed by atoms with Crippen LogP contribution in [0.3, 0.4) is 0 Å². The van der Waals surface area contributed by atoms with Gasteiger partial charge in [0, 0.05) is 19.2 Å². The van der Waals surface area contributed by atoms with E-state index in [2.05, 4.69) is 5.32 Å². The number of carbonyl (C=O) groups is 1. The highest BCUT2D eigenvalue weighted by Gasteiger charge is 2.14. The summed E-state index contributed by atoms with van der Waals surface area (Å²) in [6, 6.07) is 19.4. The molecule has 158 valence electrons. The SMILES string of the molecule is Cn1c(C(=O)Nc2cccc(COc3ccc(CCC(=N)N)cc3)c2)cc2sccc21. The van der Waals surface area contributed by atoms with Gasteiger partial charge in [-0.05, 0) is 59.3 Å². The third-order valence-corrected chi connectivity index (χ3v) is 5.95. The van der Waals surface area contributed by atoms with Gasteiger partial charge in [0.05, 0.1) is 16.1 Å². The Morgan fingerprint density at radius 1 is 1.13 bits per heavy atom. The summed E-state index contributed by atoms with van der Waals surface area (Å²) < 4.78 is 8.89. The predicted molar refractivity (Wildman–Crippen MR) is 126 cm³/mol. The minimum absolute atomic E-state index is 0.134. The van der Waals surface area contributed by atoms with Crippen molar-refractivity contribution in [1.82, 2.24) is 4.57 Å². The van der Waals surface area contributed by atoms with E-state index in [4.69, 9.17) is 15.9 Å². The number of ether oxygens (including phenoxy) is 1. The molecule has 0 bridgehead atoms. The number of amidine groups is 1. The molecule has 4 rings (SSSR count). The number of carbonyl (C=O) groups excluding carboxylic acids is 1. The number of amides is 1. The molecule has 0 saturated heterocycles. The van der Waals surface area contributed by atoms with Crippen LogP contribution in [-0.2, 0) is 20.1 Å². The summed E-state index contributed by atoms with van der Waals surface area (Å²) in [5.74, 6) is 0.828. The number of thiophene rings is 1. The molecule has 0 aliphatic heterocycles. The van der Waals surface area contributed by atoms with E-state index in [0.29, 0.717) is 18.7 Å². The van der Waals surface area contributed by atoms with Gasteiger partial charge in [0.2, 0.25) is 0 Å². The largest absolute Gasteiger partial charge is 0.489 e. The lowest BCUT2D eigenvalue weighted by Crippen LogP contribution is -2.15. The molecule has 2 aromatic carbocycles. The van der Waals surface area contributed by atoms with Crippen LogP contribution in [0.1, 0.15) is 28.0 Å². The van der Waals surface area contributed by atoms with Crippen LogP contribution in [0.5, 0.6) is 5.75 Å². The van der Waals surface area contributed by atoms with E-state index in [1.54, 1.807) is 11.3 Å². The summed E-state index contributed by atoms with van der Waals surface area (Å²) in [6.45, 7) is 0.399. The third-order valence-electron chi connectivity index (χ3n) is 5.09. The molecule has 4 N–H and O–H groups in total. The number of hydrogen-bond donors (Lipinski definition) is 3. The van der Waals surface area contributed by atoms with Gasteiger partial charge < -0.3 is 20.4 Å². The maximum Gasteiger partial charge on any atom is 0.272 e. The second-order valence-corrected chi connectivity index (χ2v) is 8.32. The van der Waals surface area contributed by atoms with Gasteiger partial charge in [-0.2, -0.15) is 0 Å². The van der Waals surface area contributed by atoms with Gasteiger partial charge >= 0.3 is 0 Å². The van der Waals surface area contributed by atoms with Crippen LogP contribution in [0.4, 0.5) is 5.69 Å². The molecule has 0 aliphatic rings. The topological polar surface area (TPSA) is 93.1 Å². The lowest BCUT2D eigenvalue weighted by Gasteiger charge is -2.10. The molecule has 0 fully saturated rings. The highest BCUT2D eigenvalue weighted by atomic mass is 32.1. The monoisotopic (exact) mass is 432 g/mol. The smallest absolute Gasteiger partial charge is 0.272 e. The number of aryl methyl sites for hydroxylation is 2. The average molecular weight is 433 g/mol. The highest BCUT2D eigenvalue weighted by molar-refractivity contribution is 7.17. The van der Waals surface area contributed by atoms with Gasteiger partial charge in [0.15, 0.2) is 0 Å². The number of rotatable bonds is 8. The van der Waals surface area contributed by atoms with Crippen molar-refractivity contribution in [2.45, 2.75) is 19.4 Å². The van der Waals surface area contributed by atoms with Gasteiger partial charge in [-0.25, -0.2) is 0 Å². The van der Waals surface area contributed by atoms with E-state index >= 15 is 0 Å². The number of aromatic nitrogens is 1. The van der Waals surface area contributed by atoms with Crippen molar-refractivity contribution < 1.29 is 9.53 Å². The van der Waals surface area contributed by atoms with E-state index in [1.807, 2.05) is 77.7 Å². The lowest BCUT2D eigenvalue weighted by atomic mass is 10.1. The van der Waals surface area contributed by atoms with Crippen LogP contribution >= 0.6 is 11.3 Å². The van der Waals surface area contributed by atoms with Crippen molar-refractivity contribution in [3.8, 4) is 5.75 Å². The summed E-state index contributed by atoms with van der Waals surface area (Å²) in [4.78, 5) is 12.7. The van der Waals surface area contributed by atoms with E-state index in [0.717, 1.165) is 39.2 Å². The standard InChI is InChI=1S/C24H24N4O2S/c1-28-20-11-12-31-22(20)14-21(28)24(29)27-18-4-2-3-17(13-18)15-30-19-8-5-16(6-9-19)7-10-23(25)26/h2-6,8-9,11-14H,7,10,15H2,1H3,(H3,25,26)(H,27,29). The zero-order chi connectivity index (χ0) is 21.8. The molecule has 0 spiro atoms. The zero-order valence-corrected chi connectivity index (χ0v) is 18.0. The Labute approximate surface area is 184 Å². The Hall–Kier alpha value is -3.58. The molecule has 0 saturated carbocycles. The summed E-state index contributed by atoms with van der Waals surface area (Å²) in [5.41, 5.74) is 9.92. The first-order chi connectivity index (χ1) is 15.0. The number of fused-ring (bicyclic) bond motifs is 1. The molecule has 1 amide bonds. The van der Waals surface area contributed by atoms with Crippen molar-refractivity contribution >= 4 is 39.0 Å². The first-order valence-electron chi connectivity index (χ1n) is 9.97. The van der Waals surface area contributed by atoms with Gasteiger partial charge in [-0.3, -0.25) is 10.2 Å². The molecule has 0 atom stereocenters. The van der Waals surface area contributed by atoms with Gasteiger partial charge in [-0.1, -0.05) is 24.3 Å². The van der Waals surface area contributed by atoms with Crippen molar-refractivity contribution in [3.63, 3.8) is 0 Å². The summed E-state index contributed by atoms with van der Waals surface area (Å²) >= 11 is 1.63. The molecule has 7 heteroatoms. The van der Waals surface area contributed by atoms with E-state index < -0.39 is 0 Å². The van der Waals surface area contributed by atoms with Crippen molar-refractivity contribution in [3.05, 3.63) is 82.9 Å². The van der Waals surface area contributed by atoms with Crippen LogP contribution in [-0.4, -0.2) is 16.3 Å². The Kier molecular flexibility index (Phi) is 6.04. The molecule has 0 aliphatic carbocycles. The molecular weight excluding hydrogens is 408 g/mol. The number of anilines is 1. The number of nitrogens with two attached hydrogens (primary N) is 1. The second-order valence-electron chi connectivity index (χ2n) is 7.37. The van der Waals surface area contributed by atoms with Gasteiger partial charge in [-0.15, -0.1) is 11.3 Å². The number of benzene rings is 2. The lowest BCUT2D eigenvalue weighted by molar-refractivity contribution is 0.101. The normalized spacial score (nSPS) is 10.9. The Balaban J connectivity index is 1.37. The van der Waals surface area contributed by atoms with Crippen LogP contribution in [0.15, 0.2) is 66.0 Å². The Bertz CT molecular complexity index is 1220. The van der Waals surface area contributed by atoms with Crippen LogP contribution in [0.2, 0.25) is 0 Å². The number of hydrogen-bond acceptors (Lipinski definition) is 4. The average Bonchev–Trinajstić information content (AvgIpc) is 3.35. The molecule has 6 nitrogen and oxygen atoms in total. The van der Waals surface area contributed by atoms with Crippen LogP contribution < -0.4 is 15.8 Å². The minimum atomic E-state index is -0.134. The van der Waals surface area contributed by atoms with E-state index in [1.165, 1.54) is 0 Å². The van der Waals surface area contributed by atoms with Crippen molar-refractivity contribution in [1.29, 1.82) is 5.41 Å². The summed E-state index contributed by atoms with van der Waals surface area (Å²) in [5, 5.41) is 12.3. The van der Waals surface area contributed by atoms with Crippen molar-refractivity contribution in [2.24, 2.45) is 12.8 Å². The first-order valence-corrected chi connectivity index (χ1v) is 10.9. The Morgan fingerprint density at radius 3 is 2.68 bits per heavy atom. The summed E-state index contributed by atoms with van der Waals surface area (Å²) in [7, 11) is 1.90. The molecule has 2 heterocycles. The van der Waals surface area contributed by atoms with Crippen molar-refractivity contribution in [2.75, 3.05) is 5.32 Å². The van der Waals surface area contributed by atoms with Crippen LogP contribution in [0.25, 0.3) is 10.2 Å².